The van der Waals surface area contributed by atoms with Gasteiger partial charge in [-0.1, -0.05) is 57.2 Å². The normalized spacial score (nSPS) is 18.5. The van der Waals surface area contributed by atoms with Gasteiger partial charge in [0.05, 0.1) is 30.8 Å². The van der Waals surface area contributed by atoms with Gasteiger partial charge >= 0.3 is 13.2 Å². The second-order valence-electron chi connectivity index (χ2n) is 13.2. The van der Waals surface area contributed by atoms with E-state index < -0.39 is 25.1 Å². The number of rotatable bonds is 16. The van der Waals surface area contributed by atoms with Crippen molar-refractivity contribution in [1.29, 1.82) is 5.26 Å². The Bertz CT molecular complexity index is 1110. The summed E-state index contributed by atoms with van der Waals surface area (Å²) in [6.07, 6.45) is 2.43. The van der Waals surface area contributed by atoms with Gasteiger partial charge in [-0.15, -0.1) is 6.58 Å². The molecule has 11 heteroatoms. The van der Waals surface area contributed by atoms with Crippen molar-refractivity contribution in [3.8, 4) is 6.07 Å². The number of morpholine rings is 1. The molecule has 0 radical (unpaired) electrons. The van der Waals surface area contributed by atoms with Crippen LogP contribution in [-0.4, -0.2) is 94.9 Å². The van der Waals surface area contributed by atoms with Crippen LogP contribution in [0, 0.1) is 29.1 Å². The molecule has 0 aliphatic carbocycles. The van der Waals surface area contributed by atoms with Gasteiger partial charge in [-0.3, -0.25) is 9.69 Å². The Balaban J connectivity index is 2.06. The fraction of sp³-hybridized carbons (Fsp3) is 0.667. The third kappa shape index (κ3) is 10.9. The van der Waals surface area contributed by atoms with Crippen molar-refractivity contribution in [3.63, 3.8) is 0 Å². The predicted octanol–water partition coefficient (Wildman–Crippen LogP) is 3.82. The number of amides is 2. The van der Waals surface area contributed by atoms with Crippen molar-refractivity contribution in [2.75, 3.05) is 32.8 Å². The van der Waals surface area contributed by atoms with E-state index in [0.717, 1.165) is 25.1 Å². The van der Waals surface area contributed by atoms with Crippen LogP contribution in [0.5, 0.6) is 0 Å². The van der Waals surface area contributed by atoms with Crippen molar-refractivity contribution in [1.82, 2.24) is 15.1 Å². The van der Waals surface area contributed by atoms with Gasteiger partial charge in [0.1, 0.15) is 12.5 Å². The van der Waals surface area contributed by atoms with Gasteiger partial charge in [0.2, 0.25) is 5.91 Å². The minimum atomic E-state index is -1.79. The smallest absolute Gasteiger partial charge is 0.448 e. The molecule has 0 aromatic heterocycles. The average molecular weight is 613 g/mol. The number of hydrogen-bond donors (Lipinski definition) is 3. The van der Waals surface area contributed by atoms with E-state index in [1.165, 1.54) is 0 Å². The van der Waals surface area contributed by atoms with Crippen molar-refractivity contribution in [3.05, 3.63) is 48.6 Å². The molecule has 5 unspecified atom stereocenters. The molecular formula is C33H53BN4O6. The zero-order chi connectivity index (χ0) is 33.1. The monoisotopic (exact) mass is 612 g/mol. The van der Waals surface area contributed by atoms with Gasteiger partial charge in [-0.05, 0) is 64.4 Å². The molecule has 2 amide bonds. The van der Waals surface area contributed by atoms with E-state index in [-0.39, 0.29) is 54.5 Å². The molecule has 10 nitrogen and oxygen atoms in total. The third-order valence-electron chi connectivity index (χ3n) is 8.83. The fourth-order valence-electron chi connectivity index (χ4n) is 6.02. The Hall–Kier alpha value is -2.91. The maximum atomic E-state index is 13.9. The highest BCUT2D eigenvalue weighted by atomic mass is 16.5. The lowest BCUT2D eigenvalue weighted by molar-refractivity contribution is -0.138. The van der Waals surface area contributed by atoms with E-state index in [4.69, 9.17) is 9.47 Å². The summed E-state index contributed by atoms with van der Waals surface area (Å²) < 4.78 is 11.3. The average Bonchev–Trinajstić information content (AvgIpc) is 2.96. The quantitative estimate of drug-likeness (QED) is 0.190. The van der Waals surface area contributed by atoms with E-state index in [9.17, 15) is 24.9 Å². The first kappa shape index (κ1) is 37.3. The number of nitrogens with one attached hydrogen (secondary N) is 1. The van der Waals surface area contributed by atoms with Gasteiger partial charge in [-0.25, -0.2) is 4.79 Å². The molecule has 3 N–H and O–H groups in total. The van der Waals surface area contributed by atoms with Crippen LogP contribution in [0.15, 0.2) is 43.0 Å². The highest BCUT2D eigenvalue weighted by molar-refractivity contribution is 6.43. The Labute approximate surface area is 264 Å². The van der Waals surface area contributed by atoms with Crippen LogP contribution >= 0.6 is 0 Å². The standard InChI is InChI=1S/C33H53BN4O6/c1-9-27(10-2)38(17-18-43-31(40)36-29(34(41)42)20-26-14-12-11-13-15-26)30(39)28(22-35)25(4)24(3)21-32(5,6)37-16-19-44-33(7,8)23-37/h9,11-15,24-25,27-29,41-42H,1,10,16-21,23H2,2-8H3,(H,36,40). The molecule has 1 aromatic rings. The molecule has 2 rings (SSSR count). The van der Waals surface area contributed by atoms with Crippen LogP contribution < -0.4 is 5.32 Å². The van der Waals surface area contributed by atoms with Crippen LogP contribution in [0.4, 0.5) is 4.79 Å². The van der Waals surface area contributed by atoms with Crippen molar-refractivity contribution in [2.45, 2.75) is 90.9 Å². The van der Waals surface area contributed by atoms with Crippen LogP contribution in [0.1, 0.15) is 66.9 Å². The molecule has 1 heterocycles. The van der Waals surface area contributed by atoms with Gasteiger partial charge in [-0.2, -0.15) is 5.26 Å². The molecule has 5 atom stereocenters. The molecule has 1 aliphatic rings. The lowest BCUT2D eigenvalue weighted by Gasteiger charge is -2.48. The van der Waals surface area contributed by atoms with Crippen LogP contribution in [-0.2, 0) is 20.7 Å². The first-order valence-electron chi connectivity index (χ1n) is 15.7. The van der Waals surface area contributed by atoms with Crippen molar-refractivity contribution >= 4 is 19.1 Å². The van der Waals surface area contributed by atoms with Crippen molar-refractivity contribution < 1.29 is 29.1 Å². The van der Waals surface area contributed by atoms with E-state index in [2.05, 4.69) is 57.5 Å². The summed E-state index contributed by atoms with van der Waals surface area (Å²) in [5.41, 5.74) is 0.449. The topological polar surface area (TPSA) is 135 Å². The molecule has 0 saturated carbocycles. The number of hydrogen-bond acceptors (Lipinski definition) is 8. The highest BCUT2D eigenvalue weighted by Gasteiger charge is 2.40. The molecule has 1 aromatic carbocycles. The van der Waals surface area contributed by atoms with Crippen LogP contribution in [0.25, 0.3) is 0 Å². The Kier molecular flexibility index (Phi) is 14.4. The maximum Gasteiger partial charge on any atom is 0.475 e. The summed E-state index contributed by atoms with van der Waals surface area (Å²) >= 11 is 0. The molecule has 1 saturated heterocycles. The van der Waals surface area contributed by atoms with Gasteiger partial charge < -0.3 is 29.7 Å². The molecule has 0 spiro atoms. The lowest BCUT2D eigenvalue weighted by Crippen LogP contribution is -2.57. The molecule has 1 aliphatic heterocycles. The summed E-state index contributed by atoms with van der Waals surface area (Å²) in [6, 6.07) is 11.1. The van der Waals surface area contributed by atoms with E-state index in [1.54, 1.807) is 11.0 Å². The summed E-state index contributed by atoms with van der Waals surface area (Å²) in [5.74, 6) is -2.33. The first-order chi connectivity index (χ1) is 20.7. The molecule has 1 fully saturated rings. The number of ether oxygens (including phenoxy) is 2. The fourth-order valence-corrected chi connectivity index (χ4v) is 6.02. The minimum Gasteiger partial charge on any atom is -0.448 e. The number of carbonyl (C=O) groups excluding carboxylic acids is 2. The third-order valence-corrected chi connectivity index (χ3v) is 8.83. The molecule has 44 heavy (non-hydrogen) atoms. The van der Waals surface area contributed by atoms with Crippen LogP contribution in [0.2, 0.25) is 0 Å². The van der Waals surface area contributed by atoms with Gasteiger partial charge in [0, 0.05) is 24.7 Å². The maximum absolute atomic E-state index is 13.9. The lowest BCUT2D eigenvalue weighted by atomic mass is 9.76. The minimum absolute atomic E-state index is 0.0649. The first-order valence-corrected chi connectivity index (χ1v) is 15.7. The zero-order valence-corrected chi connectivity index (χ0v) is 27.7. The zero-order valence-electron chi connectivity index (χ0n) is 27.7. The van der Waals surface area contributed by atoms with Gasteiger partial charge in [0.15, 0.2) is 0 Å². The van der Waals surface area contributed by atoms with Crippen molar-refractivity contribution in [2.24, 2.45) is 17.8 Å². The predicted molar refractivity (Wildman–Crippen MR) is 172 cm³/mol. The number of benzene rings is 1. The summed E-state index contributed by atoms with van der Waals surface area (Å²) in [7, 11) is -1.79. The second kappa shape index (κ2) is 17.0. The molecular weight excluding hydrogens is 559 g/mol. The van der Waals surface area contributed by atoms with Gasteiger partial charge in [0.25, 0.3) is 0 Å². The number of alkyl carbamates (subject to hydrolysis) is 1. The van der Waals surface area contributed by atoms with E-state index >= 15 is 0 Å². The highest BCUT2D eigenvalue weighted by Crippen LogP contribution is 2.34. The molecule has 244 valence electrons. The summed E-state index contributed by atoms with van der Waals surface area (Å²) in [4.78, 5) is 30.4. The Morgan fingerprint density at radius 1 is 1.30 bits per heavy atom. The summed E-state index contributed by atoms with van der Waals surface area (Å²) in [6.45, 7) is 20.7. The van der Waals surface area contributed by atoms with Crippen LogP contribution in [0.3, 0.4) is 0 Å². The number of nitrogens with zero attached hydrogens (tertiary/aromatic N) is 3. The number of nitriles is 1. The van der Waals surface area contributed by atoms with E-state index in [1.807, 2.05) is 44.2 Å². The second-order valence-corrected chi connectivity index (χ2v) is 13.2. The Morgan fingerprint density at radius 2 is 1.95 bits per heavy atom. The largest absolute Gasteiger partial charge is 0.475 e. The molecule has 0 bridgehead atoms. The summed E-state index contributed by atoms with van der Waals surface area (Å²) in [5, 5.41) is 32.3. The van der Waals surface area contributed by atoms with E-state index in [0.29, 0.717) is 13.0 Å². The Morgan fingerprint density at radius 3 is 2.50 bits per heavy atom. The number of carbonyl (C=O) groups is 2. The SMILES string of the molecule is C=CC(CC)N(CCOC(=O)NC(Cc1ccccc1)B(O)O)C(=O)C(C#N)C(C)C(C)CC(C)(C)N1CCOC(C)(C)C1.